The van der Waals surface area contributed by atoms with Gasteiger partial charge in [-0.3, -0.25) is 4.98 Å². The van der Waals surface area contributed by atoms with E-state index in [2.05, 4.69) is 14.7 Å². The van der Waals surface area contributed by atoms with Gasteiger partial charge in [-0.05, 0) is 19.9 Å². The van der Waals surface area contributed by atoms with Crippen molar-refractivity contribution < 1.29 is 8.42 Å². The second-order valence-corrected chi connectivity index (χ2v) is 7.03. The molecular weight excluding hydrogens is 284 g/mol. The first-order valence-electron chi connectivity index (χ1n) is 5.46. The summed E-state index contributed by atoms with van der Waals surface area (Å²) in [5.74, 6) is 0. The van der Waals surface area contributed by atoms with Crippen LogP contribution in [0.1, 0.15) is 18.9 Å². The van der Waals surface area contributed by atoms with E-state index in [4.69, 9.17) is 5.73 Å². The monoisotopic (exact) mass is 298 g/mol. The number of nitrogens with two attached hydrogens (primary N) is 1. The number of hydrogen-bond acceptors (Lipinski definition) is 6. The summed E-state index contributed by atoms with van der Waals surface area (Å²) in [6.07, 6.45) is 4.31. The van der Waals surface area contributed by atoms with Gasteiger partial charge in [-0.25, -0.2) is 13.4 Å². The van der Waals surface area contributed by atoms with Crippen LogP contribution >= 0.6 is 11.3 Å². The fourth-order valence-electron chi connectivity index (χ4n) is 1.58. The first kappa shape index (κ1) is 13.9. The van der Waals surface area contributed by atoms with Gasteiger partial charge in [-0.15, -0.1) is 11.3 Å². The summed E-state index contributed by atoms with van der Waals surface area (Å²) in [6.45, 7) is 3.49. The maximum atomic E-state index is 12.3. The van der Waals surface area contributed by atoms with Crippen molar-refractivity contribution in [3.05, 3.63) is 35.0 Å². The molecule has 2 aromatic heterocycles. The summed E-state index contributed by atoms with van der Waals surface area (Å²) < 4.78 is 27.2. The van der Waals surface area contributed by atoms with Crippen LogP contribution in [-0.2, 0) is 15.6 Å². The molecule has 3 N–H and O–H groups in total. The second kappa shape index (κ2) is 4.87. The van der Waals surface area contributed by atoms with E-state index < -0.39 is 15.6 Å². The summed E-state index contributed by atoms with van der Waals surface area (Å²) in [5, 5.41) is 2.47. The number of hydrogen-bond donors (Lipinski definition) is 2. The van der Waals surface area contributed by atoms with Crippen molar-refractivity contribution in [1.82, 2.24) is 14.7 Å². The van der Waals surface area contributed by atoms with Gasteiger partial charge in [0.15, 0.2) is 0 Å². The molecule has 2 heterocycles. The molecule has 6 nitrogen and oxygen atoms in total. The molecule has 102 valence electrons. The summed E-state index contributed by atoms with van der Waals surface area (Å²) >= 11 is 1.39. The lowest BCUT2D eigenvalue weighted by atomic mass is 10.1. The van der Waals surface area contributed by atoms with Crippen LogP contribution in [0.25, 0.3) is 0 Å². The van der Waals surface area contributed by atoms with E-state index >= 15 is 0 Å². The highest BCUT2D eigenvalue weighted by atomic mass is 32.2. The van der Waals surface area contributed by atoms with Crippen LogP contribution in [0.15, 0.2) is 34.9 Å². The molecule has 0 aromatic carbocycles. The Morgan fingerprint density at radius 3 is 2.68 bits per heavy atom. The van der Waals surface area contributed by atoms with E-state index in [-0.39, 0.29) is 10.6 Å². The van der Waals surface area contributed by atoms with E-state index in [1.807, 2.05) is 0 Å². The van der Waals surface area contributed by atoms with Crippen LogP contribution in [0.4, 0.5) is 5.69 Å². The first-order valence-corrected chi connectivity index (χ1v) is 7.83. The van der Waals surface area contributed by atoms with Crippen LogP contribution in [-0.4, -0.2) is 18.4 Å². The SMILES string of the molecule is CC(C)(NS(=O)(=O)c1cnccc1N)c1nccs1. The Hall–Kier alpha value is -1.51. The molecule has 0 saturated carbocycles. The largest absolute Gasteiger partial charge is 0.398 e. The number of rotatable bonds is 4. The zero-order valence-corrected chi connectivity index (χ0v) is 12.1. The third kappa shape index (κ3) is 2.91. The topological polar surface area (TPSA) is 98.0 Å². The standard InChI is InChI=1S/C11H14N4O2S2/c1-11(2,10-14-5-6-18-10)15-19(16,17)9-7-13-4-3-8(9)12/h3-7,15H,1-2H3,(H2,12,13). The van der Waals surface area contributed by atoms with Gasteiger partial charge >= 0.3 is 0 Å². The van der Waals surface area contributed by atoms with Gasteiger partial charge in [-0.1, -0.05) is 0 Å². The number of aromatic nitrogens is 2. The van der Waals surface area contributed by atoms with E-state index in [0.717, 1.165) is 0 Å². The lowest BCUT2D eigenvalue weighted by molar-refractivity contribution is 0.470. The lowest BCUT2D eigenvalue weighted by Crippen LogP contribution is -2.41. The molecule has 8 heteroatoms. The fraction of sp³-hybridized carbons (Fsp3) is 0.273. The van der Waals surface area contributed by atoms with Gasteiger partial charge in [0.25, 0.3) is 0 Å². The summed E-state index contributed by atoms with van der Waals surface area (Å²) in [5.41, 5.74) is 5.03. The van der Waals surface area contributed by atoms with Gasteiger partial charge in [0, 0.05) is 24.0 Å². The number of anilines is 1. The highest BCUT2D eigenvalue weighted by Crippen LogP contribution is 2.26. The quantitative estimate of drug-likeness (QED) is 0.887. The molecule has 0 bridgehead atoms. The molecule has 0 saturated heterocycles. The Labute approximate surface area is 115 Å². The minimum atomic E-state index is -3.75. The van der Waals surface area contributed by atoms with Gasteiger partial charge < -0.3 is 5.73 Å². The van der Waals surface area contributed by atoms with Crippen LogP contribution in [0.2, 0.25) is 0 Å². The van der Waals surface area contributed by atoms with Crippen molar-refractivity contribution in [2.75, 3.05) is 5.73 Å². The summed E-state index contributed by atoms with van der Waals surface area (Å²) in [7, 11) is -3.75. The Bertz CT molecular complexity index is 666. The van der Waals surface area contributed by atoms with Crippen molar-refractivity contribution in [3.63, 3.8) is 0 Å². The molecule has 0 unspecified atom stereocenters. The van der Waals surface area contributed by atoms with Gasteiger partial charge in [-0.2, -0.15) is 4.72 Å². The fourth-order valence-corrected chi connectivity index (χ4v) is 3.82. The van der Waals surface area contributed by atoms with Crippen molar-refractivity contribution in [3.8, 4) is 0 Å². The molecule has 0 aliphatic heterocycles. The smallest absolute Gasteiger partial charge is 0.245 e. The lowest BCUT2D eigenvalue weighted by Gasteiger charge is -2.23. The van der Waals surface area contributed by atoms with Gasteiger partial charge in [0.05, 0.1) is 11.2 Å². The molecule has 0 atom stereocenters. The molecular formula is C11H14N4O2S2. The minimum Gasteiger partial charge on any atom is -0.398 e. The summed E-state index contributed by atoms with van der Waals surface area (Å²) in [4.78, 5) is 7.90. The predicted molar refractivity (Wildman–Crippen MR) is 74.1 cm³/mol. The molecule has 0 radical (unpaired) electrons. The van der Waals surface area contributed by atoms with Crippen LogP contribution < -0.4 is 10.5 Å². The zero-order chi connectivity index (χ0) is 14.1. The number of pyridine rings is 1. The maximum Gasteiger partial charge on any atom is 0.245 e. The molecule has 0 amide bonds. The van der Waals surface area contributed by atoms with Crippen LogP contribution in [0.3, 0.4) is 0 Å². The molecule has 0 spiro atoms. The summed E-state index contributed by atoms with van der Waals surface area (Å²) in [6, 6.07) is 1.45. The van der Waals surface area contributed by atoms with Crippen molar-refractivity contribution >= 4 is 27.0 Å². The predicted octanol–water partition coefficient (Wildman–Crippen LogP) is 1.33. The Balaban J connectivity index is 2.35. The van der Waals surface area contributed by atoms with E-state index in [9.17, 15) is 8.42 Å². The van der Waals surface area contributed by atoms with Crippen molar-refractivity contribution in [2.45, 2.75) is 24.3 Å². The molecule has 0 aliphatic rings. The van der Waals surface area contributed by atoms with Gasteiger partial charge in [0.2, 0.25) is 10.0 Å². The average molecular weight is 298 g/mol. The average Bonchev–Trinajstić information content (AvgIpc) is 2.81. The van der Waals surface area contributed by atoms with E-state index in [1.165, 1.54) is 29.8 Å². The number of nitrogens with zero attached hydrogens (tertiary/aromatic N) is 2. The number of sulfonamides is 1. The Morgan fingerprint density at radius 2 is 2.11 bits per heavy atom. The van der Waals surface area contributed by atoms with Gasteiger partial charge in [0.1, 0.15) is 9.90 Å². The zero-order valence-electron chi connectivity index (χ0n) is 10.5. The maximum absolute atomic E-state index is 12.3. The van der Waals surface area contributed by atoms with Crippen LogP contribution in [0, 0.1) is 0 Å². The van der Waals surface area contributed by atoms with Crippen molar-refractivity contribution in [2.24, 2.45) is 0 Å². The highest BCUT2D eigenvalue weighted by molar-refractivity contribution is 7.89. The normalized spacial score (nSPS) is 12.5. The number of nitrogens with one attached hydrogen (secondary N) is 1. The van der Waals surface area contributed by atoms with Crippen molar-refractivity contribution in [1.29, 1.82) is 0 Å². The molecule has 2 rings (SSSR count). The third-order valence-electron chi connectivity index (χ3n) is 2.46. The third-order valence-corrected chi connectivity index (χ3v) is 5.26. The second-order valence-electron chi connectivity index (χ2n) is 4.48. The molecule has 0 fully saturated rings. The number of nitrogen functional groups attached to an aromatic ring is 1. The molecule has 0 aliphatic carbocycles. The van der Waals surface area contributed by atoms with E-state index in [0.29, 0.717) is 5.01 Å². The van der Waals surface area contributed by atoms with E-state index in [1.54, 1.807) is 25.4 Å². The Kier molecular flexibility index (Phi) is 3.57. The minimum absolute atomic E-state index is 0.0281. The number of thiazole rings is 1. The molecule has 19 heavy (non-hydrogen) atoms. The highest BCUT2D eigenvalue weighted by Gasteiger charge is 2.31. The first-order chi connectivity index (χ1) is 8.83. The Morgan fingerprint density at radius 1 is 1.37 bits per heavy atom. The van der Waals surface area contributed by atoms with Crippen LogP contribution in [0.5, 0.6) is 0 Å². The molecule has 2 aromatic rings.